The number of nitrogens with zero attached hydrogens (tertiary/aromatic N) is 2. The first-order valence-corrected chi connectivity index (χ1v) is 11.6. The number of aryl methyl sites for hydroxylation is 1. The largest absolute Gasteiger partial charge is 0.490 e. The molecule has 0 atom stereocenters. The second-order valence-electron chi connectivity index (χ2n) is 7.57. The lowest BCUT2D eigenvalue weighted by atomic mass is 10.2. The Hall–Kier alpha value is -3.23. The van der Waals surface area contributed by atoms with E-state index in [1.165, 1.54) is 36.4 Å². The highest BCUT2D eigenvalue weighted by Gasteiger charge is 2.31. The first-order valence-electron chi connectivity index (χ1n) is 10.2. The standard InChI is InChI=1S/C24H23FN2O4S/c1-18-6-12-21(13-7-18)32(29,30)26(16-19-8-10-20(25)11-9-19)17-24(28)27-14-15-31-23-5-3-2-4-22(23)27/h2-13H,14-17H2,1H3. The van der Waals surface area contributed by atoms with Gasteiger partial charge in [-0.15, -0.1) is 0 Å². The van der Waals surface area contributed by atoms with E-state index in [1.54, 1.807) is 35.2 Å². The average Bonchev–Trinajstić information content (AvgIpc) is 2.80. The van der Waals surface area contributed by atoms with Crippen LogP contribution in [0.15, 0.2) is 77.7 Å². The fourth-order valence-electron chi connectivity index (χ4n) is 3.54. The number of carbonyl (C=O) groups is 1. The molecule has 1 amide bonds. The molecule has 0 fully saturated rings. The topological polar surface area (TPSA) is 66.9 Å². The van der Waals surface area contributed by atoms with Gasteiger partial charge in [0.05, 0.1) is 23.7 Å². The molecule has 0 bridgehead atoms. The minimum absolute atomic E-state index is 0.0613. The second-order valence-corrected chi connectivity index (χ2v) is 9.51. The molecule has 1 aliphatic rings. The Bertz CT molecular complexity index is 1210. The molecule has 0 unspecified atom stereocenters. The molecule has 1 heterocycles. The van der Waals surface area contributed by atoms with Gasteiger partial charge in [-0.05, 0) is 48.9 Å². The normalized spacial score (nSPS) is 13.5. The number of fused-ring (bicyclic) bond motifs is 1. The van der Waals surface area contributed by atoms with Crippen LogP contribution in [0.5, 0.6) is 5.75 Å². The Morgan fingerprint density at radius 2 is 1.72 bits per heavy atom. The van der Waals surface area contributed by atoms with Crippen molar-refractivity contribution in [2.45, 2.75) is 18.4 Å². The summed E-state index contributed by atoms with van der Waals surface area (Å²) in [5, 5.41) is 0. The number of rotatable bonds is 6. The zero-order valence-electron chi connectivity index (χ0n) is 17.6. The van der Waals surface area contributed by atoms with Gasteiger partial charge in [-0.3, -0.25) is 4.79 Å². The molecule has 8 heteroatoms. The van der Waals surface area contributed by atoms with Gasteiger partial charge in [-0.1, -0.05) is 42.0 Å². The van der Waals surface area contributed by atoms with Crippen LogP contribution in [0.4, 0.5) is 10.1 Å². The van der Waals surface area contributed by atoms with E-state index < -0.39 is 15.8 Å². The fraction of sp³-hybridized carbons (Fsp3) is 0.208. The lowest BCUT2D eigenvalue weighted by Crippen LogP contribution is -2.45. The number of sulfonamides is 1. The highest BCUT2D eigenvalue weighted by molar-refractivity contribution is 7.89. The molecule has 3 aromatic carbocycles. The molecular weight excluding hydrogens is 431 g/mol. The first kappa shape index (κ1) is 22.0. The summed E-state index contributed by atoms with van der Waals surface area (Å²) < 4.78 is 47.0. The van der Waals surface area contributed by atoms with Crippen molar-refractivity contribution in [1.82, 2.24) is 4.31 Å². The molecule has 3 aromatic rings. The average molecular weight is 455 g/mol. The number of anilines is 1. The van der Waals surface area contributed by atoms with Crippen LogP contribution < -0.4 is 9.64 Å². The van der Waals surface area contributed by atoms with Crippen molar-refractivity contribution in [1.29, 1.82) is 0 Å². The molecule has 0 N–H and O–H groups in total. The van der Waals surface area contributed by atoms with Crippen LogP contribution in [0.1, 0.15) is 11.1 Å². The lowest BCUT2D eigenvalue weighted by molar-refractivity contribution is -0.119. The summed E-state index contributed by atoms with van der Waals surface area (Å²) in [5.74, 6) is -0.195. The van der Waals surface area contributed by atoms with Gasteiger partial charge >= 0.3 is 0 Å². The summed E-state index contributed by atoms with van der Waals surface area (Å²) in [7, 11) is -3.98. The quantitative estimate of drug-likeness (QED) is 0.569. The maximum atomic E-state index is 13.4. The van der Waals surface area contributed by atoms with E-state index >= 15 is 0 Å². The third-order valence-electron chi connectivity index (χ3n) is 5.27. The monoisotopic (exact) mass is 454 g/mol. The predicted molar refractivity (Wildman–Crippen MR) is 119 cm³/mol. The van der Waals surface area contributed by atoms with Crippen molar-refractivity contribution in [3.05, 3.63) is 89.7 Å². The van der Waals surface area contributed by atoms with E-state index in [4.69, 9.17) is 4.74 Å². The molecule has 32 heavy (non-hydrogen) atoms. The number of hydrogen-bond acceptors (Lipinski definition) is 4. The zero-order chi connectivity index (χ0) is 22.7. The Morgan fingerprint density at radius 1 is 1.03 bits per heavy atom. The fourth-order valence-corrected chi connectivity index (χ4v) is 4.92. The van der Waals surface area contributed by atoms with Crippen LogP contribution >= 0.6 is 0 Å². The number of ether oxygens (including phenoxy) is 1. The minimum Gasteiger partial charge on any atom is -0.490 e. The molecule has 6 nitrogen and oxygen atoms in total. The molecule has 0 spiro atoms. The highest BCUT2D eigenvalue weighted by Crippen LogP contribution is 2.31. The van der Waals surface area contributed by atoms with Crippen LogP contribution in [0.2, 0.25) is 0 Å². The number of halogens is 1. The van der Waals surface area contributed by atoms with Crippen LogP contribution in [0, 0.1) is 12.7 Å². The second kappa shape index (κ2) is 9.10. The summed E-state index contributed by atoms with van der Waals surface area (Å²) in [6, 6.07) is 19.2. The summed E-state index contributed by atoms with van der Waals surface area (Å²) >= 11 is 0. The van der Waals surface area contributed by atoms with E-state index in [0.29, 0.717) is 30.2 Å². The van der Waals surface area contributed by atoms with E-state index in [-0.39, 0.29) is 23.9 Å². The zero-order valence-corrected chi connectivity index (χ0v) is 18.4. The predicted octanol–water partition coefficient (Wildman–Crippen LogP) is 3.75. The van der Waals surface area contributed by atoms with Gasteiger partial charge in [-0.25, -0.2) is 12.8 Å². The van der Waals surface area contributed by atoms with Crippen LogP contribution in [-0.2, 0) is 21.4 Å². The molecule has 0 saturated carbocycles. The number of hydrogen-bond donors (Lipinski definition) is 0. The van der Waals surface area contributed by atoms with Gasteiger partial charge in [0.1, 0.15) is 18.2 Å². The van der Waals surface area contributed by atoms with Crippen LogP contribution in [-0.4, -0.2) is 38.3 Å². The third kappa shape index (κ3) is 4.66. The maximum Gasteiger partial charge on any atom is 0.243 e. The smallest absolute Gasteiger partial charge is 0.243 e. The maximum absolute atomic E-state index is 13.4. The Kier molecular flexibility index (Phi) is 6.25. The summed E-state index contributed by atoms with van der Waals surface area (Å²) in [4.78, 5) is 14.9. The van der Waals surface area contributed by atoms with Crippen LogP contribution in [0.3, 0.4) is 0 Å². The molecule has 1 aliphatic heterocycles. The molecular formula is C24H23FN2O4S. The van der Waals surface area contributed by atoms with Crippen molar-refractivity contribution in [3.63, 3.8) is 0 Å². The number of carbonyl (C=O) groups excluding carboxylic acids is 1. The van der Waals surface area contributed by atoms with Gasteiger partial charge in [0.15, 0.2) is 0 Å². The number of benzene rings is 3. The van der Waals surface area contributed by atoms with E-state index in [2.05, 4.69) is 0 Å². The van der Waals surface area contributed by atoms with Crippen molar-refractivity contribution < 1.29 is 22.3 Å². The SMILES string of the molecule is Cc1ccc(S(=O)(=O)N(CC(=O)N2CCOc3ccccc32)Cc2ccc(F)cc2)cc1. The van der Waals surface area contributed by atoms with Crippen molar-refractivity contribution in [2.75, 3.05) is 24.6 Å². The van der Waals surface area contributed by atoms with Crippen molar-refractivity contribution in [3.8, 4) is 5.75 Å². The number of amides is 1. The minimum atomic E-state index is -3.98. The summed E-state index contributed by atoms with van der Waals surface area (Å²) in [6.45, 7) is 2.10. The highest BCUT2D eigenvalue weighted by atomic mass is 32.2. The Morgan fingerprint density at radius 3 is 2.44 bits per heavy atom. The van der Waals surface area contributed by atoms with E-state index in [0.717, 1.165) is 9.87 Å². The molecule has 0 aromatic heterocycles. The molecule has 166 valence electrons. The third-order valence-corrected chi connectivity index (χ3v) is 7.08. The van der Waals surface area contributed by atoms with Gasteiger partial charge in [0.25, 0.3) is 0 Å². The lowest BCUT2D eigenvalue weighted by Gasteiger charge is -2.31. The van der Waals surface area contributed by atoms with Crippen molar-refractivity contribution >= 4 is 21.6 Å². The van der Waals surface area contributed by atoms with Crippen LogP contribution in [0.25, 0.3) is 0 Å². The number of para-hydroxylation sites is 2. The summed E-state index contributed by atoms with van der Waals surface area (Å²) in [6.07, 6.45) is 0. The van der Waals surface area contributed by atoms with E-state index in [9.17, 15) is 17.6 Å². The molecule has 0 saturated heterocycles. The van der Waals surface area contributed by atoms with E-state index in [1.807, 2.05) is 13.0 Å². The van der Waals surface area contributed by atoms with Gasteiger partial charge in [-0.2, -0.15) is 4.31 Å². The molecule has 0 aliphatic carbocycles. The first-order chi connectivity index (χ1) is 15.3. The van der Waals surface area contributed by atoms with Gasteiger partial charge in [0, 0.05) is 6.54 Å². The van der Waals surface area contributed by atoms with Gasteiger partial charge < -0.3 is 9.64 Å². The molecule has 4 rings (SSSR count). The van der Waals surface area contributed by atoms with Gasteiger partial charge in [0.2, 0.25) is 15.9 Å². The molecule has 0 radical (unpaired) electrons. The summed E-state index contributed by atoms with van der Waals surface area (Å²) in [5.41, 5.74) is 2.12. The van der Waals surface area contributed by atoms with Crippen molar-refractivity contribution in [2.24, 2.45) is 0 Å². The Balaban J connectivity index is 1.65. The Labute approximate surface area is 186 Å².